The van der Waals surface area contributed by atoms with Gasteiger partial charge < -0.3 is 14.8 Å². The average molecular weight is 343 g/mol. The highest BCUT2D eigenvalue weighted by molar-refractivity contribution is 5.94. The van der Waals surface area contributed by atoms with Crippen LogP contribution in [0.2, 0.25) is 0 Å². The number of nitrogens with zero attached hydrogens (tertiary/aromatic N) is 2. The summed E-state index contributed by atoms with van der Waals surface area (Å²) < 4.78 is 28.8. The van der Waals surface area contributed by atoms with E-state index in [0.29, 0.717) is 28.2 Å². The van der Waals surface area contributed by atoms with Crippen molar-refractivity contribution in [1.29, 1.82) is 0 Å². The molecule has 1 amide bonds. The number of benzene rings is 1. The highest BCUT2D eigenvalue weighted by Crippen LogP contribution is 2.34. The van der Waals surface area contributed by atoms with Gasteiger partial charge in [0.1, 0.15) is 17.6 Å². The molecule has 2 atom stereocenters. The summed E-state index contributed by atoms with van der Waals surface area (Å²) in [6.45, 7) is -0.276. The van der Waals surface area contributed by atoms with Gasteiger partial charge in [0.25, 0.3) is 0 Å². The Morgan fingerprint density at radius 1 is 1.32 bits per heavy atom. The maximum absolute atomic E-state index is 14.2. The molecule has 1 fully saturated rings. The average Bonchev–Trinajstić information content (AvgIpc) is 3.20. The van der Waals surface area contributed by atoms with E-state index in [1.807, 2.05) is 0 Å². The lowest BCUT2D eigenvalue weighted by molar-refractivity contribution is -0.117. The van der Waals surface area contributed by atoms with Gasteiger partial charge in [-0.1, -0.05) is 12.1 Å². The lowest BCUT2D eigenvalue weighted by Gasteiger charge is -2.09. The van der Waals surface area contributed by atoms with Crippen molar-refractivity contribution in [1.82, 2.24) is 9.38 Å². The molecule has 2 aromatic heterocycles. The first kappa shape index (κ1) is 15.7. The van der Waals surface area contributed by atoms with Crippen molar-refractivity contribution < 1.29 is 18.7 Å². The van der Waals surface area contributed by atoms with Gasteiger partial charge >= 0.3 is 0 Å². The fourth-order valence-electron chi connectivity index (χ4n) is 2.88. The maximum Gasteiger partial charge on any atom is 0.231 e. The fraction of sp³-hybridized carbons (Fsp3) is 0.222. The van der Waals surface area contributed by atoms with E-state index in [1.54, 1.807) is 41.1 Å². The third-order valence-electron chi connectivity index (χ3n) is 4.31. The van der Waals surface area contributed by atoms with Crippen LogP contribution in [0.25, 0.3) is 16.8 Å². The minimum absolute atomic E-state index is 0.251. The molecule has 0 bridgehead atoms. The molecule has 25 heavy (non-hydrogen) atoms. The number of aliphatic hydroxyl groups excluding tert-OH is 1. The van der Waals surface area contributed by atoms with E-state index >= 15 is 0 Å². The predicted octanol–water partition coefficient (Wildman–Crippen LogP) is 2.93. The van der Waals surface area contributed by atoms with Crippen LogP contribution in [0, 0.1) is 11.7 Å². The van der Waals surface area contributed by atoms with E-state index in [1.165, 1.54) is 6.07 Å². The lowest BCUT2D eigenvalue weighted by Crippen LogP contribution is -2.15. The molecule has 0 saturated heterocycles. The van der Waals surface area contributed by atoms with E-state index < -0.39 is 17.9 Å². The number of hydrogen-bond acceptors (Lipinski definition) is 3. The van der Waals surface area contributed by atoms with E-state index in [-0.39, 0.29) is 18.9 Å². The van der Waals surface area contributed by atoms with Crippen LogP contribution in [-0.4, -0.2) is 26.6 Å². The van der Waals surface area contributed by atoms with E-state index in [2.05, 4.69) is 10.3 Å². The molecule has 0 aliphatic heterocycles. The van der Waals surface area contributed by atoms with Crippen LogP contribution < -0.4 is 5.32 Å². The number of anilines is 1. The molecule has 2 heterocycles. The van der Waals surface area contributed by atoms with Crippen molar-refractivity contribution in [3.8, 4) is 11.1 Å². The molecule has 0 radical (unpaired) electrons. The van der Waals surface area contributed by atoms with Crippen LogP contribution in [0.15, 0.2) is 42.7 Å². The third-order valence-corrected chi connectivity index (χ3v) is 4.31. The number of rotatable bonds is 4. The number of carbonyl (C=O) groups excluding carboxylic acids is 1. The quantitative estimate of drug-likeness (QED) is 0.765. The number of halogens is 2. The Bertz CT molecular complexity index is 970. The summed E-state index contributed by atoms with van der Waals surface area (Å²) in [7, 11) is 0. The molecule has 1 saturated carbocycles. The second-order valence-corrected chi connectivity index (χ2v) is 6.09. The van der Waals surface area contributed by atoms with Gasteiger partial charge in [0.15, 0.2) is 5.82 Å². The number of nitrogens with one attached hydrogen (secondary N) is 1. The third kappa shape index (κ3) is 2.87. The second-order valence-electron chi connectivity index (χ2n) is 6.09. The van der Waals surface area contributed by atoms with Gasteiger partial charge in [0.2, 0.25) is 5.91 Å². The van der Waals surface area contributed by atoms with Crippen molar-refractivity contribution in [2.24, 2.45) is 5.92 Å². The number of amides is 1. The number of carbonyl (C=O) groups is 1. The Morgan fingerprint density at radius 2 is 2.12 bits per heavy atom. The smallest absolute Gasteiger partial charge is 0.231 e. The fourth-order valence-corrected chi connectivity index (χ4v) is 2.88. The molecule has 4 rings (SSSR count). The molecular weight excluding hydrogens is 328 g/mol. The molecule has 128 valence electrons. The van der Waals surface area contributed by atoms with Crippen LogP contribution >= 0.6 is 0 Å². The van der Waals surface area contributed by atoms with Crippen LogP contribution in [0.1, 0.15) is 12.0 Å². The van der Waals surface area contributed by atoms with E-state index in [4.69, 9.17) is 0 Å². The molecule has 1 aromatic carbocycles. The minimum atomic E-state index is -1.07. The summed E-state index contributed by atoms with van der Waals surface area (Å²) in [4.78, 5) is 16.1. The summed E-state index contributed by atoms with van der Waals surface area (Å²) in [6, 6.07) is 7.92. The van der Waals surface area contributed by atoms with Crippen LogP contribution in [0.5, 0.6) is 0 Å². The van der Waals surface area contributed by atoms with Crippen LogP contribution in [0.4, 0.5) is 14.6 Å². The molecule has 7 heteroatoms. The molecular formula is C18H15F2N3O2. The maximum atomic E-state index is 14.2. The van der Waals surface area contributed by atoms with Crippen molar-refractivity contribution >= 4 is 17.4 Å². The van der Waals surface area contributed by atoms with Gasteiger partial charge in [0.05, 0.1) is 18.7 Å². The van der Waals surface area contributed by atoms with Crippen molar-refractivity contribution in [3.63, 3.8) is 0 Å². The topological polar surface area (TPSA) is 66.6 Å². The molecule has 2 N–H and O–H groups in total. The molecule has 3 aromatic rings. The lowest BCUT2D eigenvalue weighted by atomic mass is 10.0. The first-order valence-corrected chi connectivity index (χ1v) is 7.89. The minimum Gasteiger partial charge on any atom is -0.392 e. The Hall–Kier alpha value is -2.80. The first-order valence-electron chi connectivity index (χ1n) is 7.89. The largest absolute Gasteiger partial charge is 0.392 e. The van der Waals surface area contributed by atoms with Gasteiger partial charge in [0, 0.05) is 17.3 Å². The molecule has 2 unspecified atom stereocenters. The number of fused-ring (bicyclic) bond motifs is 1. The molecule has 1 aliphatic rings. The summed E-state index contributed by atoms with van der Waals surface area (Å²) in [6.07, 6.45) is 2.44. The number of alkyl halides is 1. The van der Waals surface area contributed by atoms with Gasteiger partial charge in [-0.15, -0.1) is 0 Å². The van der Waals surface area contributed by atoms with Crippen LogP contribution in [-0.2, 0) is 11.4 Å². The number of imidazole rings is 1. The zero-order valence-electron chi connectivity index (χ0n) is 13.1. The Morgan fingerprint density at radius 3 is 2.84 bits per heavy atom. The monoisotopic (exact) mass is 343 g/mol. The zero-order chi connectivity index (χ0) is 17.6. The normalized spacial score (nSPS) is 19.2. The SMILES string of the molecule is O=C(Nc1cn2cc(-c3c(F)cccc3CO)ccc2n1)C1CC1F. The highest BCUT2D eigenvalue weighted by atomic mass is 19.1. The van der Waals surface area contributed by atoms with Gasteiger partial charge in [-0.2, -0.15) is 0 Å². The van der Waals surface area contributed by atoms with Crippen molar-refractivity contribution in [2.75, 3.05) is 5.32 Å². The Labute approximate surface area is 141 Å². The van der Waals surface area contributed by atoms with Crippen LogP contribution in [0.3, 0.4) is 0 Å². The van der Waals surface area contributed by atoms with E-state index in [9.17, 15) is 18.7 Å². The molecule has 5 nitrogen and oxygen atoms in total. The van der Waals surface area contributed by atoms with E-state index in [0.717, 1.165) is 0 Å². The Kier molecular flexibility index (Phi) is 3.73. The second kappa shape index (κ2) is 5.93. The number of hydrogen-bond donors (Lipinski definition) is 2. The van der Waals surface area contributed by atoms with Crippen molar-refractivity contribution in [3.05, 3.63) is 54.1 Å². The molecule has 0 spiro atoms. The number of pyridine rings is 1. The summed E-state index contributed by atoms with van der Waals surface area (Å²) in [5.74, 6) is -1.09. The summed E-state index contributed by atoms with van der Waals surface area (Å²) in [5.41, 5.74) is 1.95. The van der Waals surface area contributed by atoms with Gasteiger partial charge in [-0.3, -0.25) is 4.79 Å². The zero-order valence-corrected chi connectivity index (χ0v) is 13.1. The van der Waals surface area contributed by atoms with Crippen molar-refractivity contribution in [2.45, 2.75) is 19.2 Å². The summed E-state index contributed by atoms with van der Waals surface area (Å²) >= 11 is 0. The summed E-state index contributed by atoms with van der Waals surface area (Å²) in [5, 5.41) is 12.0. The number of aliphatic hydroxyl groups is 1. The Balaban J connectivity index is 1.68. The predicted molar refractivity (Wildman–Crippen MR) is 88.1 cm³/mol. The number of aromatic nitrogens is 2. The molecule has 1 aliphatic carbocycles. The van der Waals surface area contributed by atoms with Gasteiger partial charge in [-0.25, -0.2) is 13.8 Å². The first-order chi connectivity index (χ1) is 12.1. The van der Waals surface area contributed by atoms with Gasteiger partial charge in [-0.05, 0) is 30.2 Å². The highest BCUT2D eigenvalue weighted by Gasteiger charge is 2.43. The standard InChI is InChI=1S/C18H15F2N3O2/c19-13-3-1-2-11(9-24)17(13)10-4-5-16-21-15(8-23(16)7-10)22-18(25)12-6-14(12)20/h1-5,7-8,12,14,24H,6,9H2,(H,22,25).